The van der Waals surface area contributed by atoms with Crippen LogP contribution in [0.4, 0.5) is 0 Å². The van der Waals surface area contributed by atoms with Gasteiger partial charge in [0.2, 0.25) is 5.91 Å². The van der Waals surface area contributed by atoms with E-state index in [9.17, 15) is 24.3 Å². The van der Waals surface area contributed by atoms with Gasteiger partial charge in [-0.25, -0.2) is 4.79 Å². The Bertz CT molecular complexity index is 1430. The third kappa shape index (κ3) is 6.49. The number of hydrogen-bond donors (Lipinski definition) is 6. The van der Waals surface area contributed by atoms with E-state index >= 15 is 0 Å². The monoisotopic (exact) mass is 548 g/mol. The smallest absolute Gasteiger partial charge is 0.326 e. The Hall–Kier alpha value is -4.64. The van der Waals surface area contributed by atoms with E-state index in [1.807, 2.05) is 44.2 Å². The number of hydrogen-bond acceptors (Lipinski definition) is 6. The van der Waals surface area contributed by atoms with Crippen LogP contribution in [-0.4, -0.2) is 56.6 Å². The molecule has 0 aliphatic carbocycles. The summed E-state index contributed by atoms with van der Waals surface area (Å²) in [5.74, 6) is -4.01. The number of benzene rings is 2. The maximum absolute atomic E-state index is 13.5. The first-order chi connectivity index (χ1) is 19.1. The molecule has 0 saturated carbocycles. The van der Waals surface area contributed by atoms with Crippen molar-refractivity contribution in [2.45, 2.75) is 50.8 Å². The standard InChI is InChI=1S/C29H32N4O7/c1-17(2)26(32-24(34)12-19-16-30-21-11-7-6-10-20(19)21)23-15-29(40-33-23,14-18-8-4-3-5-9-18)28(39)31-22(27(37)38)13-25(35)36/h3-11,15-17,22,26,30,33H,12-14H2,1-2H3,(H,31,39)(H,32,34)(H,35,36)(H,37,38)/t22-,26-,29?/m0/s1. The van der Waals surface area contributed by atoms with E-state index in [0.717, 1.165) is 22.0 Å². The number of para-hydroxylation sites is 1. The molecule has 11 heteroatoms. The zero-order chi connectivity index (χ0) is 28.9. The molecule has 0 spiro atoms. The van der Waals surface area contributed by atoms with Crippen LogP contribution in [0.2, 0.25) is 0 Å². The van der Waals surface area contributed by atoms with Crippen LogP contribution in [0.3, 0.4) is 0 Å². The molecular formula is C29H32N4O7. The van der Waals surface area contributed by atoms with Crippen molar-refractivity contribution in [2.24, 2.45) is 5.92 Å². The van der Waals surface area contributed by atoms with E-state index in [-0.39, 0.29) is 24.7 Å². The van der Waals surface area contributed by atoms with Gasteiger partial charge in [-0.15, -0.1) is 0 Å². The van der Waals surface area contributed by atoms with Gasteiger partial charge in [-0.2, -0.15) is 0 Å². The number of amides is 2. The molecule has 11 nitrogen and oxygen atoms in total. The van der Waals surface area contributed by atoms with Crippen LogP contribution in [0, 0.1) is 5.92 Å². The topological polar surface area (TPSA) is 170 Å². The highest BCUT2D eigenvalue weighted by Crippen LogP contribution is 2.29. The molecule has 2 aromatic carbocycles. The average molecular weight is 549 g/mol. The first-order valence-corrected chi connectivity index (χ1v) is 12.9. The predicted octanol–water partition coefficient (Wildman–Crippen LogP) is 2.30. The van der Waals surface area contributed by atoms with Crippen molar-refractivity contribution >= 4 is 34.7 Å². The molecule has 3 atom stereocenters. The number of carboxylic acids is 2. The van der Waals surface area contributed by atoms with Gasteiger partial charge in [-0.3, -0.25) is 24.7 Å². The second-order valence-electron chi connectivity index (χ2n) is 10.1. The number of H-pyrrole nitrogens is 1. The number of hydroxylamine groups is 1. The van der Waals surface area contributed by atoms with E-state index in [4.69, 9.17) is 9.94 Å². The van der Waals surface area contributed by atoms with Gasteiger partial charge in [0.1, 0.15) is 6.04 Å². The molecule has 3 aromatic rings. The fraction of sp³-hybridized carbons (Fsp3) is 0.310. The van der Waals surface area contributed by atoms with Crippen LogP contribution in [0.15, 0.2) is 72.6 Å². The van der Waals surface area contributed by atoms with Gasteiger partial charge in [-0.1, -0.05) is 62.4 Å². The molecule has 1 unspecified atom stereocenters. The summed E-state index contributed by atoms with van der Waals surface area (Å²) in [7, 11) is 0. The third-order valence-electron chi connectivity index (χ3n) is 6.76. The Labute approximate surface area is 230 Å². The maximum Gasteiger partial charge on any atom is 0.326 e. The Balaban J connectivity index is 1.59. The Morgan fingerprint density at radius 1 is 0.975 bits per heavy atom. The lowest BCUT2D eigenvalue weighted by molar-refractivity contribution is -0.152. The number of aliphatic carboxylic acids is 2. The summed E-state index contributed by atoms with van der Waals surface area (Å²) in [6.45, 7) is 3.81. The van der Waals surface area contributed by atoms with E-state index in [1.165, 1.54) is 6.08 Å². The quantitative estimate of drug-likeness (QED) is 0.200. The fourth-order valence-corrected chi connectivity index (χ4v) is 4.73. The number of aromatic nitrogens is 1. The number of carboxylic acid groups (broad SMARTS) is 2. The Morgan fingerprint density at radius 3 is 2.35 bits per heavy atom. The summed E-state index contributed by atoms with van der Waals surface area (Å²) >= 11 is 0. The molecule has 4 rings (SSSR count). The molecule has 0 radical (unpaired) electrons. The zero-order valence-electron chi connectivity index (χ0n) is 22.1. The average Bonchev–Trinajstić information content (AvgIpc) is 3.52. The minimum atomic E-state index is -1.70. The summed E-state index contributed by atoms with van der Waals surface area (Å²) in [6.07, 6.45) is 2.70. The molecule has 2 amide bonds. The number of fused-ring (bicyclic) bond motifs is 1. The van der Waals surface area contributed by atoms with Crippen molar-refractivity contribution < 1.29 is 34.2 Å². The summed E-state index contributed by atoms with van der Waals surface area (Å²) in [5, 5.41) is 24.9. The molecule has 0 saturated heterocycles. The van der Waals surface area contributed by atoms with Crippen LogP contribution in [-0.2, 0) is 36.9 Å². The largest absolute Gasteiger partial charge is 0.481 e. The summed E-state index contributed by atoms with van der Waals surface area (Å²) in [6, 6.07) is 14.5. The summed E-state index contributed by atoms with van der Waals surface area (Å²) in [5.41, 5.74) is 4.02. The lowest BCUT2D eigenvalue weighted by atomic mass is 9.90. The van der Waals surface area contributed by atoms with Crippen LogP contribution in [0.1, 0.15) is 31.4 Å². The Morgan fingerprint density at radius 2 is 1.68 bits per heavy atom. The third-order valence-corrected chi connectivity index (χ3v) is 6.76. The Kier molecular flexibility index (Phi) is 8.54. The van der Waals surface area contributed by atoms with Crippen molar-refractivity contribution in [1.82, 2.24) is 21.1 Å². The number of rotatable bonds is 12. The van der Waals surface area contributed by atoms with Gasteiger partial charge in [0.25, 0.3) is 5.91 Å². The molecule has 6 N–H and O–H groups in total. The predicted molar refractivity (Wildman–Crippen MR) is 146 cm³/mol. The number of nitrogens with one attached hydrogen (secondary N) is 4. The highest BCUT2D eigenvalue weighted by Gasteiger charge is 2.46. The highest BCUT2D eigenvalue weighted by molar-refractivity contribution is 5.93. The zero-order valence-corrected chi connectivity index (χ0v) is 22.1. The van der Waals surface area contributed by atoms with Crippen molar-refractivity contribution in [1.29, 1.82) is 0 Å². The van der Waals surface area contributed by atoms with Crippen molar-refractivity contribution in [3.63, 3.8) is 0 Å². The van der Waals surface area contributed by atoms with E-state index in [1.54, 1.807) is 30.5 Å². The molecule has 40 heavy (non-hydrogen) atoms. The van der Waals surface area contributed by atoms with Crippen LogP contribution in [0.5, 0.6) is 0 Å². The molecular weight excluding hydrogens is 516 g/mol. The molecule has 2 heterocycles. The molecule has 1 aliphatic rings. The number of carbonyl (C=O) groups is 4. The minimum absolute atomic E-state index is 0.0314. The number of aromatic amines is 1. The van der Waals surface area contributed by atoms with Gasteiger partial charge in [0, 0.05) is 23.5 Å². The normalized spacial score (nSPS) is 18.0. The number of carbonyl (C=O) groups excluding carboxylic acids is 2. The van der Waals surface area contributed by atoms with Crippen molar-refractivity contribution in [3.05, 3.63) is 83.7 Å². The first-order valence-electron chi connectivity index (χ1n) is 12.9. The van der Waals surface area contributed by atoms with E-state index in [0.29, 0.717) is 5.70 Å². The molecule has 0 fully saturated rings. The second-order valence-corrected chi connectivity index (χ2v) is 10.1. The molecule has 1 aromatic heterocycles. The molecule has 210 valence electrons. The molecule has 1 aliphatic heterocycles. The maximum atomic E-state index is 13.5. The lowest BCUT2D eigenvalue weighted by Gasteiger charge is -2.26. The first kappa shape index (κ1) is 28.4. The minimum Gasteiger partial charge on any atom is -0.481 e. The fourth-order valence-electron chi connectivity index (χ4n) is 4.73. The van der Waals surface area contributed by atoms with Crippen LogP contribution >= 0.6 is 0 Å². The molecule has 0 bridgehead atoms. The van der Waals surface area contributed by atoms with Gasteiger partial charge in [0.05, 0.1) is 24.6 Å². The summed E-state index contributed by atoms with van der Waals surface area (Å²) < 4.78 is 0. The van der Waals surface area contributed by atoms with Crippen molar-refractivity contribution in [3.8, 4) is 0 Å². The van der Waals surface area contributed by atoms with Crippen LogP contribution in [0.25, 0.3) is 10.9 Å². The van der Waals surface area contributed by atoms with Gasteiger partial charge >= 0.3 is 11.9 Å². The lowest BCUT2D eigenvalue weighted by Crippen LogP contribution is -2.54. The van der Waals surface area contributed by atoms with Crippen LogP contribution < -0.4 is 16.1 Å². The summed E-state index contributed by atoms with van der Waals surface area (Å²) in [4.78, 5) is 58.4. The highest BCUT2D eigenvalue weighted by atomic mass is 16.7. The second kappa shape index (κ2) is 12.0. The van der Waals surface area contributed by atoms with Gasteiger partial charge in [-0.05, 0) is 29.2 Å². The van der Waals surface area contributed by atoms with Gasteiger partial charge in [0.15, 0.2) is 5.60 Å². The van der Waals surface area contributed by atoms with E-state index in [2.05, 4.69) is 21.1 Å². The van der Waals surface area contributed by atoms with Gasteiger partial charge < -0.3 is 25.8 Å². The van der Waals surface area contributed by atoms with Crippen molar-refractivity contribution in [2.75, 3.05) is 0 Å². The van der Waals surface area contributed by atoms with E-state index < -0.39 is 42.0 Å². The SMILES string of the molecule is CC(C)[C@H](NC(=O)Cc1c[nH]c2ccccc12)C1=CC(Cc2ccccc2)(C(=O)N[C@@H](CC(=O)O)C(=O)O)ON1.